The summed E-state index contributed by atoms with van der Waals surface area (Å²) in [7, 11) is 1.64. The van der Waals surface area contributed by atoms with Crippen molar-refractivity contribution in [3.63, 3.8) is 0 Å². The highest BCUT2D eigenvalue weighted by molar-refractivity contribution is 7.99. The molecule has 1 amide bonds. The number of ether oxygens (including phenoxy) is 1. The summed E-state index contributed by atoms with van der Waals surface area (Å²) in [4.78, 5) is 12.6. The van der Waals surface area contributed by atoms with Crippen LogP contribution in [0.25, 0.3) is 32.9 Å². The molecule has 36 heavy (non-hydrogen) atoms. The van der Waals surface area contributed by atoms with E-state index < -0.39 is 0 Å². The second-order valence-corrected chi connectivity index (χ2v) is 9.04. The van der Waals surface area contributed by atoms with Crippen LogP contribution in [0.4, 0.5) is 0 Å². The number of hydrogen-bond acceptors (Lipinski definition) is 6. The van der Waals surface area contributed by atoms with Gasteiger partial charge in [0.2, 0.25) is 0 Å². The Balaban J connectivity index is 1.29. The van der Waals surface area contributed by atoms with Crippen LogP contribution in [0, 0.1) is 0 Å². The molecule has 5 aromatic rings. The third-order valence-corrected chi connectivity index (χ3v) is 6.88. The van der Waals surface area contributed by atoms with Gasteiger partial charge in [0.15, 0.2) is 11.0 Å². The maximum Gasteiger partial charge on any atom is 0.250 e. The summed E-state index contributed by atoms with van der Waals surface area (Å²) in [5.41, 5.74) is 4.57. The maximum absolute atomic E-state index is 12.6. The van der Waals surface area contributed by atoms with Crippen LogP contribution in [-0.2, 0) is 11.3 Å². The number of carbonyl (C=O) groups excluding carboxylic acids is 1. The first-order chi connectivity index (χ1) is 17.7. The molecular formula is C28H25N5O2S. The Morgan fingerprint density at radius 1 is 1.00 bits per heavy atom. The Bertz CT molecular complexity index is 1510. The first-order valence-corrected chi connectivity index (χ1v) is 12.6. The zero-order valence-electron chi connectivity index (χ0n) is 20.0. The fraction of sp³-hybridized carbons (Fsp3) is 0.143. The fourth-order valence-corrected chi connectivity index (χ4v) is 4.95. The van der Waals surface area contributed by atoms with Crippen molar-refractivity contribution in [3.05, 3.63) is 84.4 Å². The number of nitrogens with zero attached hydrogens (tertiary/aromatic N) is 4. The molecule has 0 saturated heterocycles. The van der Waals surface area contributed by atoms with Gasteiger partial charge in [-0.15, -0.1) is 10.2 Å². The van der Waals surface area contributed by atoms with Gasteiger partial charge in [-0.2, -0.15) is 5.10 Å². The second-order valence-electron chi connectivity index (χ2n) is 8.09. The maximum atomic E-state index is 12.6. The highest BCUT2D eigenvalue weighted by Gasteiger charge is 2.15. The predicted octanol–water partition coefficient (Wildman–Crippen LogP) is 5.52. The zero-order valence-corrected chi connectivity index (χ0v) is 20.8. The zero-order chi connectivity index (χ0) is 24.9. The van der Waals surface area contributed by atoms with Crippen LogP contribution < -0.4 is 10.2 Å². The summed E-state index contributed by atoms with van der Waals surface area (Å²) in [5.74, 6) is 1.50. The minimum atomic E-state index is -0.211. The van der Waals surface area contributed by atoms with Gasteiger partial charge in [0.1, 0.15) is 5.75 Å². The molecule has 0 spiro atoms. The third kappa shape index (κ3) is 4.81. The van der Waals surface area contributed by atoms with E-state index >= 15 is 0 Å². The van der Waals surface area contributed by atoms with E-state index in [1.807, 2.05) is 60.0 Å². The quantitative estimate of drug-likeness (QED) is 0.133. The average Bonchev–Trinajstić information content (AvgIpc) is 3.34. The van der Waals surface area contributed by atoms with Crippen molar-refractivity contribution in [2.45, 2.75) is 18.6 Å². The standard InChI is InChI=1S/C28H25N5O2S/c1-3-33-27(19-12-14-22(35-2)15-13-19)31-32-28(33)36-18-26(34)30-29-17-25-23-10-6-4-8-20(23)16-21-9-5-7-11-24(21)25/h4-17H,3,18H2,1-2H3,(H,30,34). The molecule has 0 unspecified atom stereocenters. The molecule has 0 radical (unpaired) electrons. The Hall–Kier alpha value is -4.17. The molecule has 1 aromatic heterocycles. The van der Waals surface area contributed by atoms with E-state index in [-0.39, 0.29) is 11.7 Å². The molecule has 1 N–H and O–H groups in total. The van der Waals surface area contributed by atoms with E-state index in [2.05, 4.69) is 51.1 Å². The van der Waals surface area contributed by atoms with Gasteiger partial charge in [0, 0.05) is 17.7 Å². The molecule has 0 saturated carbocycles. The van der Waals surface area contributed by atoms with Crippen molar-refractivity contribution in [2.75, 3.05) is 12.9 Å². The lowest BCUT2D eigenvalue weighted by atomic mass is 9.97. The smallest absolute Gasteiger partial charge is 0.250 e. The van der Waals surface area contributed by atoms with Gasteiger partial charge in [-0.3, -0.25) is 4.79 Å². The number of thioether (sulfide) groups is 1. The molecule has 7 nitrogen and oxygen atoms in total. The largest absolute Gasteiger partial charge is 0.497 e. The molecule has 0 aliphatic rings. The van der Waals surface area contributed by atoms with Crippen LogP contribution in [0.15, 0.2) is 89.1 Å². The van der Waals surface area contributed by atoms with E-state index in [9.17, 15) is 4.79 Å². The number of aromatic nitrogens is 3. The van der Waals surface area contributed by atoms with E-state index in [1.54, 1.807) is 13.3 Å². The number of rotatable bonds is 8. The second kappa shape index (κ2) is 10.6. The number of amides is 1. The lowest BCUT2D eigenvalue weighted by Crippen LogP contribution is -2.20. The molecule has 0 aliphatic heterocycles. The van der Waals surface area contributed by atoms with Crippen molar-refractivity contribution in [2.24, 2.45) is 5.10 Å². The van der Waals surface area contributed by atoms with Gasteiger partial charge in [-0.25, -0.2) is 5.43 Å². The number of hydrazone groups is 1. The van der Waals surface area contributed by atoms with Gasteiger partial charge in [-0.1, -0.05) is 60.3 Å². The van der Waals surface area contributed by atoms with Crippen molar-refractivity contribution < 1.29 is 9.53 Å². The van der Waals surface area contributed by atoms with E-state index in [0.29, 0.717) is 11.7 Å². The van der Waals surface area contributed by atoms with Gasteiger partial charge in [0.25, 0.3) is 5.91 Å². The highest BCUT2D eigenvalue weighted by atomic mass is 32.2. The molecule has 0 bridgehead atoms. The Kier molecular flexibility index (Phi) is 6.95. The monoisotopic (exact) mass is 495 g/mol. The molecule has 0 atom stereocenters. The fourth-order valence-electron chi connectivity index (χ4n) is 4.15. The van der Waals surface area contributed by atoms with Crippen LogP contribution in [-0.4, -0.2) is 39.7 Å². The number of methoxy groups -OCH3 is 1. The first kappa shape index (κ1) is 23.6. The minimum Gasteiger partial charge on any atom is -0.497 e. The number of hydrogen-bond donors (Lipinski definition) is 1. The van der Waals surface area contributed by atoms with E-state index in [1.165, 1.54) is 11.8 Å². The van der Waals surface area contributed by atoms with Gasteiger partial charge < -0.3 is 9.30 Å². The molecule has 5 rings (SSSR count). The molecule has 1 heterocycles. The lowest BCUT2D eigenvalue weighted by Gasteiger charge is -2.08. The van der Waals surface area contributed by atoms with Crippen molar-refractivity contribution >= 4 is 45.4 Å². The normalized spacial score (nSPS) is 11.4. The van der Waals surface area contributed by atoms with Crippen LogP contribution in [0.3, 0.4) is 0 Å². The van der Waals surface area contributed by atoms with E-state index in [4.69, 9.17) is 4.74 Å². The first-order valence-electron chi connectivity index (χ1n) is 11.6. The summed E-state index contributed by atoms with van der Waals surface area (Å²) in [6.07, 6.45) is 1.73. The number of carbonyl (C=O) groups is 1. The topological polar surface area (TPSA) is 81.4 Å². The summed E-state index contributed by atoms with van der Waals surface area (Å²) in [6.45, 7) is 2.71. The Labute approximate surface area is 213 Å². The van der Waals surface area contributed by atoms with Gasteiger partial charge >= 0.3 is 0 Å². The molecule has 180 valence electrons. The predicted molar refractivity (Wildman–Crippen MR) is 146 cm³/mol. The Morgan fingerprint density at radius 3 is 2.31 bits per heavy atom. The summed E-state index contributed by atoms with van der Waals surface area (Å²) in [6, 6.07) is 26.2. The van der Waals surface area contributed by atoms with Crippen LogP contribution >= 0.6 is 11.8 Å². The number of fused-ring (bicyclic) bond motifs is 2. The molecule has 4 aromatic carbocycles. The number of nitrogens with one attached hydrogen (secondary N) is 1. The van der Waals surface area contributed by atoms with Gasteiger partial charge in [0.05, 0.1) is 19.1 Å². The minimum absolute atomic E-state index is 0.175. The van der Waals surface area contributed by atoms with E-state index in [0.717, 1.165) is 44.2 Å². The SMILES string of the molecule is CCn1c(SCC(=O)NN=Cc2c3ccccc3cc3ccccc23)nnc1-c1ccc(OC)cc1. The Morgan fingerprint density at radius 2 is 1.67 bits per heavy atom. The summed E-state index contributed by atoms with van der Waals surface area (Å²) >= 11 is 1.33. The van der Waals surface area contributed by atoms with Crippen molar-refractivity contribution in [1.29, 1.82) is 0 Å². The number of benzene rings is 4. The van der Waals surface area contributed by atoms with Crippen LogP contribution in [0.2, 0.25) is 0 Å². The molecular weight excluding hydrogens is 470 g/mol. The van der Waals surface area contributed by atoms with Crippen molar-refractivity contribution in [1.82, 2.24) is 20.2 Å². The summed E-state index contributed by atoms with van der Waals surface area (Å²) in [5, 5.41) is 18.0. The summed E-state index contributed by atoms with van der Waals surface area (Å²) < 4.78 is 7.22. The molecule has 0 aliphatic carbocycles. The third-order valence-electron chi connectivity index (χ3n) is 5.91. The lowest BCUT2D eigenvalue weighted by molar-refractivity contribution is -0.118. The van der Waals surface area contributed by atoms with Crippen LogP contribution in [0.5, 0.6) is 5.75 Å². The van der Waals surface area contributed by atoms with Gasteiger partial charge in [-0.05, 0) is 58.8 Å². The molecule has 8 heteroatoms. The average molecular weight is 496 g/mol. The van der Waals surface area contributed by atoms with Crippen LogP contribution in [0.1, 0.15) is 12.5 Å². The van der Waals surface area contributed by atoms with Crippen molar-refractivity contribution in [3.8, 4) is 17.1 Å². The highest BCUT2D eigenvalue weighted by Crippen LogP contribution is 2.28. The molecule has 0 fully saturated rings.